The Morgan fingerprint density at radius 1 is 1.36 bits per heavy atom. The van der Waals surface area contributed by atoms with Gasteiger partial charge in [0.15, 0.2) is 0 Å². The van der Waals surface area contributed by atoms with Gasteiger partial charge >= 0.3 is 0 Å². The van der Waals surface area contributed by atoms with Crippen LogP contribution >= 0.6 is 11.6 Å². The summed E-state index contributed by atoms with van der Waals surface area (Å²) in [5.74, 6) is 0.344. The summed E-state index contributed by atoms with van der Waals surface area (Å²) in [6, 6.07) is 3.12. The van der Waals surface area contributed by atoms with E-state index in [-0.39, 0.29) is 18.0 Å². The number of halogens is 1. The lowest BCUT2D eigenvalue weighted by Gasteiger charge is -2.19. The number of amides is 1. The van der Waals surface area contributed by atoms with E-state index < -0.39 is 0 Å². The van der Waals surface area contributed by atoms with Crippen LogP contribution in [0.4, 0.5) is 5.82 Å². The van der Waals surface area contributed by atoms with E-state index >= 15 is 0 Å². The highest BCUT2D eigenvalue weighted by molar-refractivity contribution is 6.30. The quantitative estimate of drug-likeness (QED) is 0.856. The molecule has 2 rings (SSSR count). The van der Waals surface area contributed by atoms with Crippen molar-refractivity contribution in [2.24, 2.45) is 0 Å². The van der Waals surface area contributed by atoms with Crippen LogP contribution in [0.5, 0.6) is 0 Å². The lowest BCUT2D eigenvalue weighted by Crippen LogP contribution is -2.44. The Bertz CT molecular complexity index is 625. The molecule has 0 bridgehead atoms. The summed E-state index contributed by atoms with van der Waals surface area (Å²) < 4.78 is 1.86. The second-order valence-corrected chi connectivity index (χ2v) is 5.82. The molecule has 2 aromatic heterocycles. The van der Waals surface area contributed by atoms with Crippen LogP contribution < -0.4 is 10.6 Å². The largest absolute Gasteiger partial charge is 0.309 e. The van der Waals surface area contributed by atoms with E-state index in [1.54, 1.807) is 12.1 Å². The molecule has 2 aromatic rings. The number of aromatic nitrogens is 3. The number of hydrogen-bond acceptors (Lipinski definition) is 4. The molecular formula is C15H20ClN5O. The average Bonchev–Trinajstić information content (AvgIpc) is 2.86. The van der Waals surface area contributed by atoms with Gasteiger partial charge in [0.2, 0.25) is 5.91 Å². The monoisotopic (exact) mass is 321 g/mol. The van der Waals surface area contributed by atoms with Crippen LogP contribution in [-0.4, -0.2) is 32.8 Å². The fraction of sp³-hybridized carbons (Fsp3) is 0.400. The van der Waals surface area contributed by atoms with Crippen molar-refractivity contribution in [1.82, 2.24) is 20.1 Å². The number of rotatable bonds is 6. The van der Waals surface area contributed by atoms with Crippen molar-refractivity contribution in [1.29, 1.82) is 0 Å². The van der Waals surface area contributed by atoms with Gasteiger partial charge in [0.1, 0.15) is 5.82 Å². The molecule has 0 aliphatic rings. The van der Waals surface area contributed by atoms with Crippen molar-refractivity contribution in [2.45, 2.75) is 39.4 Å². The first kappa shape index (κ1) is 16.5. The molecule has 2 unspecified atom stereocenters. The van der Waals surface area contributed by atoms with Gasteiger partial charge in [0.05, 0.1) is 23.8 Å². The molecule has 2 atom stereocenters. The minimum atomic E-state index is -0.343. The summed E-state index contributed by atoms with van der Waals surface area (Å²) >= 11 is 5.76. The van der Waals surface area contributed by atoms with E-state index in [4.69, 9.17) is 11.6 Å². The number of aryl methyl sites for hydroxylation is 1. The molecule has 0 fully saturated rings. The summed E-state index contributed by atoms with van der Waals surface area (Å²) in [5.41, 5.74) is 1.12. The zero-order chi connectivity index (χ0) is 16.1. The number of carbonyl (C=O) groups excluding carboxylic acids is 1. The van der Waals surface area contributed by atoms with Crippen LogP contribution in [0.25, 0.3) is 0 Å². The smallest absolute Gasteiger partial charge is 0.242 e. The molecule has 2 N–H and O–H groups in total. The third-order valence-corrected chi connectivity index (χ3v) is 3.35. The molecule has 6 nitrogen and oxygen atoms in total. The zero-order valence-corrected chi connectivity index (χ0v) is 13.6. The van der Waals surface area contributed by atoms with Crippen molar-refractivity contribution in [3.05, 3.63) is 41.3 Å². The number of hydrogen-bond donors (Lipinski definition) is 2. The van der Waals surface area contributed by atoms with Gasteiger partial charge in [-0.25, -0.2) is 4.98 Å². The highest BCUT2D eigenvalue weighted by Gasteiger charge is 2.16. The molecule has 7 heteroatoms. The predicted octanol–water partition coefficient (Wildman–Crippen LogP) is 2.25. The summed E-state index contributed by atoms with van der Waals surface area (Å²) in [5, 5.41) is 10.8. The summed E-state index contributed by atoms with van der Waals surface area (Å²) in [4.78, 5) is 16.2. The van der Waals surface area contributed by atoms with E-state index in [1.807, 2.05) is 37.8 Å². The Morgan fingerprint density at radius 2 is 2.14 bits per heavy atom. The number of nitrogens with zero attached hydrogens (tertiary/aromatic N) is 3. The Hall–Kier alpha value is -1.92. The van der Waals surface area contributed by atoms with Gasteiger partial charge < -0.3 is 10.6 Å². The molecule has 0 saturated carbocycles. The van der Waals surface area contributed by atoms with Gasteiger partial charge in [-0.1, -0.05) is 11.6 Å². The molecular weight excluding hydrogens is 302 g/mol. The number of pyridine rings is 1. The fourth-order valence-electron chi connectivity index (χ4n) is 2.09. The molecule has 22 heavy (non-hydrogen) atoms. The van der Waals surface area contributed by atoms with E-state index in [1.165, 1.54) is 6.20 Å². The zero-order valence-electron chi connectivity index (χ0n) is 12.9. The highest BCUT2D eigenvalue weighted by atomic mass is 35.5. The van der Waals surface area contributed by atoms with Crippen molar-refractivity contribution < 1.29 is 4.79 Å². The topological polar surface area (TPSA) is 71.8 Å². The Morgan fingerprint density at radius 3 is 2.73 bits per heavy atom. The lowest BCUT2D eigenvalue weighted by molar-refractivity contribution is -0.118. The third-order valence-electron chi connectivity index (χ3n) is 3.13. The van der Waals surface area contributed by atoms with Crippen LogP contribution in [0.15, 0.2) is 30.7 Å². The molecule has 0 aliphatic carbocycles. The number of nitrogens with one attached hydrogen (secondary N) is 2. The molecule has 2 heterocycles. The first-order chi connectivity index (χ1) is 10.4. The van der Waals surface area contributed by atoms with Gasteiger partial charge in [-0.15, -0.1) is 0 Å². The number of carbonyl (C=O) groups is 1. The highest BCUT2D eigenvalue weighted by Crippen LogP contribution is 2.09. The third kappa shape index (κ3) is 4.82. The number of anilines is 1. The van der Waals surface area contributed by atoms with E-state index in [2.05, 4.69) is 20.7 Å². The Labute approximate surface area is 134 Å². The van der Waals surface area contributed by atoms with E-state index in [9.17, 15) is 4.79 Å². The molecule has 0 radical (unpaired) electrons. The molecule has 0 spiro atoms. The van der Waals surface area contributed by atoms with Gasteiger partial charge in [-0.3, -0.25) is 9.48 Å². The van der Waals surface area contributed by atoms with Crippen LogP contribution in [-0.2, 0) is 11.3 Å². The average molecular weight is 322 g/mol. The molecule has 1 amide bonds. The molecule has 118 valence electrons. The summed E-state index contributed by atoms with van der Waals surface area (Å²) in [6.07, 6.45) is 5.29. The first-order valence-corrected chi connectivity index (χ1v) is 7.49. The van der Waals surface area contributed by atoms with Gasteiger partial charge in [-0.05, 0) is 38.5 Å². The van der Waals surface area contributed by atoms with Gasteiger partial charge in [0, 0.05) is 18.4 Å². The van der Waals surface area contributed by atoms with Crippen molar-refractivity contribution in [3.8, 4) is 0 Å². The normalized spacial score (nSPS) is 13.6. The van der Waals surface area contributed by atoms with Crippen LogP contribution in [0.1, 0.15) is 19.4 Å². The van der Waals surface area contributed by atoms with Crippen LogP contribution in [0.3, 0.4) is 0 Å². The second-order valence-electron chi connectivity index (χ2n) is 5.38. The maximum Gasteiger partial charge on any atom is 0.242 e. The predicted molar refractivity (Wildman–Crippen MR) is 86.9 cm³/mol. The minimum absolute atomic E-state index is 0.109. The second kappa shape index (κ2) is 7.38. The van der Waals surface area contributed by atoms with Gasteiger partial charge in [0.25, 0.3) is 0 Å². The lowest BCUT2D eigenvalue weighted by atomic mass is 10.2. The van der Waals surface area contributed by atoms with Crippen molar-refractivity contribution >= 4 is 23.3 Å². The maximum absolute atomic E-state index is 12.1. The standard InChI is InChI=1S/C15H20ClN5O/c1-10-6-18-21(8-10)9-11(2)19-12(3)15(22)20-14-5-4-13(16)7-17-14/h4-8,11-12,19H,9H2,1-3H3,(H,17,20,22). The Kier molecular flexibility index (Phi) is 5.51. The summed E-state index contributed by atoms with van der Waals surface area (Å²) in [7, 11) is 0. The fourth-order valence-corrected chi connectivity index (χ4v) is 2.20. The molecule has 0 aliphatic heterocycles. The van der Waals surface area contributed by atoms with Gasteiger partial charge in [-0.2, -0.15) is 5.10 Å². The minimum Gasteiger partial charge on any atom is -0.309 e. The maximum atomic E-state index is 12.1. The summed E-state index contributed by atoms with van der Waals surface area (Å²) in [6.45, 7) is 6.53. The van der Waals surface area contributed by atoms with E-state index in [0.29, 0.717) is 17.4 Å². The molecule has 0 aromatic carbocycles. The first-order valence-electron chi connectivity index (χ1n) is 7.11. The van der Waals surface area contributed by atoms with Crippen LogP contribution in [0.2, 0.25) is 5.02 Å². The molecule has 0 saturated heterocycles. The van der Waals surface area contributed by atoms with E-state index in [0.717, 1.165) is 5.56 Å². The van der Waals surface area contributed by atoms with Crippen LogP contribution in [0, 0.1) is 6.92 Å². The van der Waals surface area contributed by atoms with Crippen molar-refractivity contribution in [3.63, 3.8) is 0 Å². The van der Waals surface area contributed by atoms with Crippen molar-refractivity contribution in [2.75, 3.05) is 5.32 Å². The Balaban J connectivity index is 1.83. The SMILES string of the molecule is Cc1cnn(CC(C)NC(C)C(=O)Nc2ccc(Cl)cn2)c1.